The summed E-state index contributed by atoms with van der Waals surface area (Å²) in [5.74, 6) is 0.887. The van der Waals surface area contributed by atoms with Crippen LogP contribution in [0.15, 0.2) is 4.99 Å². The highest BCUT2D eigenvalue weighted by Gasteiger charge is 2.17. The predicted molar refractivity (Wildman–Crippen MR) is 53.7 cm³/mol. The summed E-state index contributed by atoms with van der Waals surface area (Å²) in [6.07, 6.45) is -1.04. The number of aliphatic imine (C=N–C) groups is 1. The number of carboxylic acid groups (broad SMARTS) is 1. The Morgan fingerprint density at radius 3 is 3.18 bits per heavy atom. The van der Waals surface area contributed by atoms with Crippen LogP contribution in [-0.2, 0) is 0 Å². The van der Waals surface area contributed by atoms with Crippen LogP contribution in [0.1, 0.15) is 0 Å². The van der Waals surface area contributed by atoms with Crippen LogP contribution in [0.3, 0.4) is 0 Å². The van der Waals surface area contributed by atoms with Crippen molar-refractivity contribution >= 4 is 45.6 Å². The molecule has 11 heavy (non-hydrogen) atoms. The van der Waals surface area contributed by atoms with Crippen LogP contribution in [0.5, 0.6) is 0 Å². The van der Waals surface area contributed by atoms with Gasteiger partial charge in [-0.3, -0.25) is 10.3 Å². The number of halogens is 1. The molecule has 62 valence electrons. The minimum atomic E-state index is -1.04. The molecular formula is C5H7IN2O2S. The summed E-state index contributed by atoms with van der Waals surface area (Å²) < 4.78 is 0.940. The van der Waals surface area contributed by atoms with Gasteiger partial charge in [-0.1, -0.05) is 34.4 Å². The summed E-state index contributed by atoms with van der Waals surface area (Å²) >= 11 is 3.69. The van der Waals surface area contributed by atoms with Gasteiger partial charge in [0.25, 0.3) is 0 Å². The van der Waals surface area contributed by atoms with Crippen LogP contribution in [0.25, 0.3) is 0 Å². The maximum absolute atomic E-state index is 10.1. The Morgan fingerprint density at radius 2 is 2.73 bits per heavy atom. The number of nitrogens with zero attached hydrogens (tertiary/aromatic N) is 1. The fraction of sp³-hybridized carbons (Fsp3) is 0.600. The van der Waals surface area contributed by atoms with Gasteiger partial charge in [0, 0.05) is 10.2 Å². The molecule has 1 atom stereocenters. The van der Waals surface area contributed by atoms with Gasteiger partial charge in [-0.05, 0) is 0 Å². The van der Waals surface area contributed by atoms with E-state index in [1.165, 1.54) is 11.8 Å². The lowest BCUT2D eigenvalue weighted by atomic mass is 10.4. The Kier molecular flexibility index (Phi) is 3.44. The third kappa shape index (κ3) is 2.86. The standard InChI is InChI=1S/C5H7IN2O2S/c6-1-3-2-11-4(7-3)8-5(9)10/h3H,1-2H2,(H,7,8)(H,9,10). The van der Waals surface area contributed by atoms with Gasteiger partial charge >= 0.3 is 6.09 Å². The van der Waals surface area contributed by atoms with Gasteiger partial charge in [0.1, 0.15) is 0 Å². The quantitative estimate of drug-likeness (QED) is 0.561. The zero-order valence-corrected chi connectivity index (χ0v) is 8.55. The third-order valence-electron chi connectivity index (χ3n) is 1.10. The molecule has 0 aromatic carbocycles. The lowest BCUT2D eigenvalue weighted by molar-refractivity contribution is 0.200. The molecule has 1 aliphatic rings. The van der Waals surface area contributed by atoms with E-state index in [-0.39, 0.29) is 6.04 Å². The molecule has 0 saturated heterocycles. The molecule has 0 saturated carbocycles. The minimum Gasteiger partial charge on any atom is -0.465 e. The fourth-order valence-corrected chi connectivity index (χ4v) is 2.51. The zero-order chi connectivity index (χ0) is 8.27. The molecule has 1 rings (SSSR count). The number of hydrogen-bond acceptors (Lipinski definition) is 3. The molecule has 1 aliphatic heterocycles. The molecule has 0 aromatic heterocycles. The summed E-state index contributed by atoms with van der Waals surface area (Å²) in [5, 5.41) is 11.1. The lowest BCUT2D eigenvalue weighted by Crippen LogP contribution is -2.25. The summed E-state index contributed by atoms with van der Waals surface area (Å²) in [5.41, 5.74) is 0. The van der Waals surface area contributed by atoms with E-state index in [0.29, 0.717) is 5.17 Å². The molecule has 4 nitrogen and oxygen atoms in total. The van der Waals surface area contributed by atoms with Crippen LogP contribution < -0.4 is 5.32 Å². The van der Waals surface area contributed by atoms with Crippen molar-refractivity contribution in [3.8, 4) is 0 Å². The van der Waals surface area contributed by atoms with Crippen molar-refractivity contribution in [3.63, 3.8) is 0 Å². The van der Waals surface area contributed by atoms with Crippen molar-refractivity contribution in [2.75, 3.05) is 10.2 Å². The molecule has 1 amide bonds. The van der Waals surface area contributed by atoms with E-state index in [9.17, 15) is 4.79 Å². The molecule has 0 spiro atoms. The normalized spacial score (nSPS) is 23.0. The van der Waals surface area contributed by atoms with Crippen molar-refractivity contribution < 1.29 is 9.90 Å². The van der Waals surface area contributed by atoms with E-state index in [1.807, 2.05) is 0 Å². The Balaban J connectivity index is 2.42. The molecule has 0 aliphatic carbocycles. The van der Waals surface area contributed by atoms with E-state index < -0.39 is 6.09 Å². The first-order chi connectivity index (χ1) is 5.22. The number of amidine groups is 1. The van der Waals surface area contributed by atoms with Gasteiger partial charge < -0.3 is 5.11 Å². The van der Waals surface area contributed by atoms with Crippen LogP contribution in [0.2, 0.25) is 0 Å². The number of carbonyl (C=O) groups is 1. The van der Waals surface area contributed by atoms with Gasteiger partial charge in [0.05, 0.1) is 6.04 Å². The number of alkyl halides is 1. The SMILES string of the molecule is O=C(O)NC1=NC(CI)CS1. The number of hydrogen-bond donors (Lipinski definition) is 2. The van der Waals surface area contributed by atoms with E-state index in [1.54, 1.807) is 0 Å². The molecule has 0 aromatic rings. The van der Waals surface area contributed by atoms with E-state index in [0.717, 1.165) is 10.2 Å². The molecule has 2 N–H and O–H groups in total. The average molecular weight is 286 g/mol. The lowest BCUT2D eigenvalue weighted by Gasteiger charge is -1.95. The van der Waals surface area contributed by atoms with Crippen molar-refractivity contribution in [2.45, 2.75) is 6.04 Å². The number of nitrogens with one attached hydrogen (secondary N) is 1. The maximum Gasteiger partial charge on any atom is 0.410 e. The topological polar surface area (TPSA) is 61.7 Å². The summed E-state index contributed by atoms with van der Waals surface area (Å²) in [7, 11) is 0. The second-order valence-corrected chi connectivity index (χ2v) is 3.87. The zero-order valence-electron chi connectivity index (χ0n) is 5.58. The second-order valence-electron chi connectivity index (χ2n) is 1.98. The minimum absolute atomic E-state index is 0.280. The van der Waals surface area contributed by atoms with Crippen molar-refractivity contribution in [3.05, 3.63) is 0 Å². The number of thioether (sulfide) groups is 1. The predicted octanol–water partition coefficient (Wildman–Crippen LogP) is 1.16. The van der Waals surface area contributed by atoms with Gasteiger partial charge in [0.15, 0.2) is 5.17 Å². The van der Waals surface area contributed by atoms with Crippen LogP contribution >= 0.6 is 34.4 Å². The molecule has 0 bridgehead atoms. The average Bonchev–Trinajstić information content (AvgIpc) is 2.34. The Labute approximate surface area is 82.0 Å². The Morgan fingerprint density at radius 1 is 2.00 bits per heavy atom. The second kappa shape index (κ2) is 4.15. The molecule has 1 heterocycles. The fourth-order valence-electron chi connectivity index (χ4n) is 0.654. The summed E-state index contributed by atoms with van der Waals surface area (Å²) in [6, 6.07) is 0.280. The molecule has 0 radical (unpaired) electrons. The van der Waals surface area contributed by atoms with Crippen LogP contribution in [0.4, 0.5) is 4.79 Å². The van der Waals surface area contributed by atoms with E-state index >= 15 is 0 Å². The highest BCUT2D eigenvalue weighted by atomic mass is 127. The van der Waals surface area contributed by atoms with Crippen molar-refractivity contribution in [1.82, 2.24) is 5.32 Å². The van der Waals surface area contributed by atoms with Gasteiger partial charge in [-0.25, -0.2) is 4.79 Å². The van der Waals surface area contributed by atoms with Gasteiger partial charge in [-0.2, -0.15) is 0 Å². The highest BCUT2D eigenvalue weighted by molar-refractivity contribution is 14.1. The summed E-state index contributed by atoms with van der Waals surface area (Å²) in [4.78, 5) is 14.3. The van der Waals surface area contributed by atoms with Crippen molar-refractivity contribution in [1.29, 1.82) is 0 Å². The smallest absolute Gasteiger partial charge is 0.410 e. The number of amides is 1. The van der Waals surface area contributed by atoms with Gasteiger partial charge in [-0.15, -0.1) is 0 Å². The molecular weight excluding hydrogens is 279 g/mol. The first-order valence-corrected chi connectivity index (χ1v) is 5.50. The Bertz CT molecular complexity index is 197. The monoisotopic (exact) mass is 286 g/mol. The highest BCUT2D eigenvalue weighted by Crippen LogP contribution is 2.17. The molecule has 1 unspecified atom stereocenters. The summed E-state index contributed by atoms with van der Waals surface area (Å²) in [6.45, 7) is 0. The number of rotatable bonds is 1. The Hall–Kier alpha value is 0.0200. The van der Waals surface area contributed by atoms with E-state index in [4.69, 9.17) is 5.11 Å². The maximum atomic E-state index is 10.1. The largest absolute Gasteiger partial charge is 0.465 e. The van der Waals surface area contributed by atoms with Gasteiger partial charge in [0.2, 0.25) is 0 Å². The molecule has 0 fully saturated rings. The van der Waals surface area contributed by atoms with Crippen LogP contribution in [-0.4, -0.2) is 32.6 Å². The molecule has 6 heteroatoms. The van der Waals surface area contributed by atoms with E-state index in [2.05, 4.69) is 32.9 Å². The third-order valence-corrected chi connectivity index (χ3v) is 3.15. The first kappa shape index (κ1) is 9.11. The van der Waals surface area contributed by atoms with Crippen molar-refractivity contribution in [2.24, 2.45) is 4.99 Å². The van der Waals surface area contributed by atoms with Crippen LogP contribution in [0, 0.1) is 0 Å². The first-order valence-electron chi connectivity index (χ1n) is 2.99.